The number of anilines is 1. The van der Waals surface area contributed by atoms with E-state index in [9.17, 15) is 9.35 Å². The number of aryl methyl sites for hydroxylation is 2. The van der Waals surface area contributed by atoms with Crippen LogP contribution in [0.5, 0.6) is 0 Å². The van der Waals surface area contributed by atoms with E-state index in [-0.39, 0.29) is 11.3 Å². The molecule has 0 bridgehead atoms. The third kappa shape index (κ3) is 4.25. The molecule has 1 heterocycles. The summed E-state index contributed by atoms with van der Waals surface area (Å²) in [6, 6.07) is 9.28. The van der Waals surface area contributed by atoms with E-state index in [4.69, 9.17) is 0 Å². The molecule has 2 aromatic rings. The molecule has 0 saturated heterocycles. The highest BCUT2D eigenvalue weighted by Crippen LogP contribution is 2.28. The standard InChI is InChI=1S/C19H27N3O2S/c1-13-8-10-14(11-9-13)25(24)19(5,6)17(23)20-16-12-15(18(2,3)4)21-22(16)7/h8-12H,1-7H3,(H,20,23). The molecule has 0 aliphatic carbocycles. The first-order valence-electron chi connectivity index (χ1n) is 8.27. The number of rotatable bonds is 4. The molecular weight excluding hydrogens is 334 g/mol. The van der Waals surface area contributed by atoms with Crippen LogP contribution >= 0.6 is 0 Å². The fraction of sp³-hybridized carbons (Fsp3) is 0.474. The molecule has 6 heteroatoms. The molecule has 5 nitrogen and oxygen atoms in total. The van der Waals surface area contributed by atoms with Crippen molar-refractivity contribution >= 4 is 22.9 Å². The summed E-state index contributed by atoms with van der Waals surface area (Å²) in [5.41, 5.74) is 1.87. The predicted molar refractivity (Wildman–Crippen MR) is 102 cm³/mol. The Kier molecular flexibility index (Phi) is 5.35. The molecule has 136 valence electrons. The lowest BCUT2D eigenvalue weighted by Crippen LogP contribution is -2.44. The van der Waals surface area contributed by atoms with E-state index >= 15 is 0 Å². The number of nitrogens with zero attached hydrogens (tertiary/aromatic N) is 2. The largest absolute Gasteiger partial charge is 0.611 e. The fourth-order valence-corrected chi connectivity index (χ4v) is 3.45. The summed E-state index contributed by atoms with van der Waals surface area (Å²) in [6.07, 6.45) is 0. The van der Waals surface area contributed by atoms with Crippen LogP contribution in [-0.4, -0.2) is 25.0 Å². The lowest BCUT2D eigenvalue weighted by molar-refractivity contribution is -0.117. The average Bonchev–Trinajstić information content (AvgIpc) is 2.88. The van der Waals surface area contributed by atoms with E-state index in [1.807, 2.05) is 37.3 Å². The molecule has 1 atom stereocenters. The van der Waals surface area contributed by atoms with Crippen molar-refractivity contribution in [2.24, 2.45) is 7.05 Å². The Labute approximate surface area is 153 Å². The Morgan fingerprint density at radius 2 is 1.72 bits per heavy atom. The molecule has 1 aromatic heterocycles. The van der Waals surface area contributed by atoms with Crippen LogP contribution in [-0.2, 0) is 28.4 Å². The second kappa shape index (κ2) is 6.84. The van der Waals surface area contributed by atoms with E-state index < -0.39 is 15.9 Å². The monoisotopic (exact) mass is 361 g/mol. The van der Waals surface area contributed by atoms with Crippen molar-refractivity contribution in [3.63, 3.8) is 0 Å². The third-order valence-electron chi connectivity index (χ3n) is 4.14. The summed E-state index contributed by atoms with van der Waals surface area (Å²) < 4.78 is 13.5. The van der Waals surface area contributed by atoms with Gasteiger partial charge in [-0.15, -0.1) is 0 Å². The van der Waals surface area contributed by atoms with Crippen LogP contribution in [0.15, 0.2) is 35.2 Å². The van der Waals surface area contributed by atoms with Gasteiger partial charge in [0.25, 0.3) is 5.91 Å². The number of nitrogens with one attached hydrogen (secondary N) is 1. The number of benzene rings is 1. The van der Waals surface area contributed by atoms with Crippen molar-refractivity contribution in [1.29, 1.82) is 0 Å². The van der Waals surface area contributed by atoms with Gasteiger partial charge in [0.1, 0.15) is 5.82 Å². The molecule has 0 aliphatic heterocycles. The summed E-state index contributed by atoms with van der Waals surface area (Å²) >= 11 is -1.46. The number of hydrogen-bond donors (Lipinski definition) is 1. The number of carbonyl (C=O) groups excluding carboxylic acids is 1. The summed E-state index contributed by atoms with van der Waals surface area (Å²) in [5, 5.41) is 7.33. The lowest BCUT2D eigenvalue weighted by atomic mass is 9.92. The zero-order valence-corrected chi connectivity index (χ0v) is 16.8. The van der Waals surface area contributed by atoms with E-state index in [0.29, 0.717) is 10.7 Å². The molecule has 0 saturated carbocycles. The van der Waals surface area contributed by atoms with Gasteiger partial charge >= 0.3 is 0 Å². The van der Waals surface area contributed by atoms with Crippen molar-refractivity contribution in [2.75, 3.05) is 5.32 Å². The van der Waals surface area contributed by atoms with Crippen molar-refractivity contribution in [3.8, 4) is 0 Å². The van der Waals surface area contributed by atoms with E-state index in [1.165, 1.54) is 0 Å². The van der Waals surface area contributed by atoms with Gasteiger partial charge < -0.3 is 9.87 Å². The number of aromatic nitrogens is 2. The summed E-state index contributed by atoms with van der Waals surface area (Å²) in [5.74, 6) is 0.304. The Balaban J connectivity index is 2.21. The molecular formula is C19H27N3O2S. The molecule has 0 fully saturated rings. The molecule has 1 N–H and O–H groups in total. The van der Waals surface area contributed by atoms with Crippen LogP contribution in [0.1, 0.15) is 45.9 Å². The van der Waals surface area contributed by atoms with Crippen molar-refractivity contribution in [1.82, 2.24) is 9.78 Å². The summed E-state index contributed by atoms with van der Waals surface area (Å²) in [4.78, 5) is 13.4. The minimum absolute atomic E-state index is 0.110. The number of hydrogen-bond acceptors (Lipinski definition) is 3. The van der Waals surface area contributed by atoms with Gasteiger partial charge in [-0.2, -0.15) is 5.10 Å². The van der Waals surface area contributed by atoms with Crippen LogP contribution in [0.2, 0.25) is 0 Å². The van der Waals surface area contributed by atoms with E-state index in [2.05, 4.69) is 31.2 Å². The van der Waals surface area contributed by atoms with Crippen molar-refractivity contribution in [2.45, 2.75) is 56.6 Å². The van der Waals surface area contributed by atoms with Crippen molar-refractivity contribution < 1.29 is 9.35 Å². The Hall–Kier alpha value is -1.79. The normalized spacial score (nSPS) is 13.6. The molecule has 2 rings (SSSR count). The Morgan fingerprint density at radius 1 is 1.16 bits per heavy atom. The topological polar surface area (TPSA) is 70.0 Å². The zero-order chi connectivity index (χ0) is 19.0. The summed E-state index contributed by atoms with van der Waals surface area (Å²) in [7, 11) is 1.79. The van der Waals surface area contributed by atoms with Gasteiger partial charge in [-0.3, -0.25) is 9.48 Å². The Bertz CT molecular complexity index is 758. The maximum atomic E-state index is 12.9. The minimum atomic E-state index is -1.46. The lowest BCUT2D eigenvalue weighted by Gasteiger charge is -2.27. The number of amides is 1. The zero-order valence-electron chi connectivity index (χ0n) is 16.0. The van der Waals surface area contributed by atoms with Crippen LogP contribution in [0.4, 0.5) is 5.82 Å². The first kappa shape index (κ1) is 19.5. The Morgan fingerprint density at radius 3 is 2.20 bits per heavy atom. The highest BCUT2D eigenvalue weighted by Gasteiger charge is 2.42. The smallest absolute Gasteiger partial charge is 0.281 e. The third-order valence-corrected chi connectivity index (χ3v) is 5.95. The SMILES string of the molecule is Cc1ccc([S+]([O-])C(C)(C)C(=O)Nc2cc(C(C)(C)C)nn2C)cc1. The van der Waals surface area contributed by atoms with Crippen LogP contribution in [0, 0.1) is 6.92 Å². The van der Waals surface area contributed by atoms with Gasteiger partial charge in [0.05, 0.1) is 5.69 Å². The van der Waals surface area contributed by atoms with Gasteiger partial charge in [-0.05, 0) is 32.9 Å². The first-order chi connectivity index (χ1) is 11.4. The molecule has 25 heavy (non-hydrogen) atoms. The average molecular weight is 362 g/mol. The second-order valence-electron chi connectivity index (χ2n) is 7.83. The molecule has 0 aliphatic rings. The molecule has 0 radical (unpaired) electrons. The van der Waals surface area contributed by atoms with E-state index in [0.717, 1.165) is 11.3 Å². The predicted octanol–water partition coefficient (Wildman–Crippen LogP) is 3.55. The van der Waals surface area contributed by atoms with Gasteiger partial charge in [0, 0.05) is 29.7 Å². The second-order valence-corrected chi connectivity index (χ2v) is 9.86. The molecule has 1 amide bonds. The highest BCUT2D eigenvalue weighted by atomic mass is 32.2. The van der Waals surface area contributed by atoms with Crippen LogP contribution < -0.4 is 5.32 Å². The van der Waals surface area contributed by atoms with E-state index in [1.54, 1.807) is 25.6 Å². The van der Waals surface area contributed by atoms with Gasteiger partial charge in [-0.25, -0.2) is 0 Å². The number of carbonyl (C=O) groups is 1. The minimum Gasteiger partial charge on any atom is -0.611 e. The van der Waals surface area contributed by atoms with Crippen LogP contribution in [0.25, 0.3) is 0 Å². The quantitative estimate of drug-likeness (QED) is 0.847. The van der Waals surface area contributed by atoms with Crippen LogP contribution in [0.3, 0.4) is 0 Å². The highest BCUT2D eigenvalue weighted by molar-refractivity contribution is 7.93. The molecule has 1 aromatic carbocycles. The van der Waals surface area contributed by atoms with Crippen molar-refractivity contribution in [3.05, 3.63) is 41.6 Å². The maximum absolute atomic E-state index is 12.9. The van der Waals surface area contributed by atoms with Gasteiger partial charge in [-0.1, -0.05) is 38.5 Å². The van der Waals surface area contributed by atoms with Gasteiger partial charge in [0.15, 0.2) is 4.90 Å². The molecule has 1 unspecified atom stereocenters. The fourth-order valence-electron chi connectivity index (χ4n) is 2.26. The maximum Gasteiger partial charge on any atom is 0.281 e. The molecule has 0 spiro atoms. The summed E-state index contributed by atoms with van der Waals surface area (Å²) in [6.45, 7) is 11.6. The van der Waals surface area contributed by atoms with Gasteiger partial charge in [0.2, 0.25) is 4.75 Å². The first-order valence-corrected chi connectivity index (χ1v) is 9.42.